The van der Waals surface area contributed by atoms with Gasteiger partial charge >= 0.3 is 0 Å². The van der Waals surface area contributed by atoms with Crippen LogP contribution >= 0.6 is 0 Å². The maximum absolute atomic E-state index is 3.19. The summed E-state index contributed by atoms with van der Waals surface area (Å²) in [5.74, 6) is 0. The van der Waals surface area contributed by atoms with E-state index in [0.717, 1.165) is 6.54 Å². The smallest absolute Gasteiger partial charge is 0.0192 e. The molecule has 2 nitrogen and oxygen atoms in total. The highest BCUT2D eigenvalue weighted by Crippen LogP contribution is 2.04. The lowest BCUT2D eigenvalue weighted by molar-refractivity contribution is 0.190. The quantitative estimate of drug-likeness (QED) is 0.649. The minimum Gasteiger partial charge on any atom is -0.318 e. The van der Waals surface area contributed by atoms with Crippen molar-refractivity contribution in [2.75, 3.05) is 20.6 Å². The topological polar surface area (TPSA) is 15.3 Å². The molecule has 0 fully saturated rings. The summed E-state index contributed by atoms with van der Waals surface area (Å²) in [6.45, 7) is 7.82. The first-order chi connectivity index (χ1) is 5.13. The predicted molar refractivity (Wildman–Crippen MR) is 50.9 cm³/mol. The average Bonchev–Trinajstić information content (AvgIpc) is 2.02. The molecule has 2 unspecified atom stereocenters. The molecule has 0 saturated carbocycles. The Bertz CT molecular complexity index is 93.6. The fourth-order valence-electron chi connectivity index (χ4n) is 1.16. The average molecular weight is 158 g/mol. The van der Waals surface area contributed by atoms with Crippen LogP contribution in [0.25, 0.3) is 0 Å². The molecule has 0 spiro atoms. The standard InChI is InChI=1S/C9H22N2/c1-6-8(2)11(5)9(3)7-10-4/h8-10H,6-7H2,1-5H3. The minimum absolute atomic E-state index is 0.634. The summed E-state index contributed by atoms with van der Waals surface area (Å²) < 4.78 is 0. The summed E-state index contributed by atoms with van der Waals surface area (Å²) in [7, 11) is 4.19. The Kier molecular flexibility index (Phi) is 5.51. The van der Waals surface area contributed by atoms with Crippen LogP contribution in [0, 0.1) is 0 Å². The van der Waals surface area contributed by atoms with Gasteiger partial charge in [-0.1, -0.05) is 6.92 Å². The molecule has 2 heteroatoms. The Hall–Kier alpha value is -0.0800. The molecule has 1 N–H and O–H groups in total. The highest BCUT2D eigenvalue weighted by Gasteiger charge is 2.12. The summed E-state index contributed by atoms with van der Waals surface area (Å²) in [6.07, 6.45) is 1.23. The maximum atomic E-state index is 3.19. The van der Waals surface area contributed by atoms with Crippen LogP contribution in [0.4, 0.5) is 0 Å². The van der Waals surface area contributed by atoms with Crippen molar-refractivity contribution in [3.8, 4) is 0 Å². The van der Waals surface area contributed by atoms with Crippen LogP contribution in [0.15, 0.2) is 0 Å². The van der Waals surface area contributed by atoms with Crippen LogP contribution in [-0.4, -0.2) is 37.6 Å². The van der Waals surface area contributed by atoms with Gasteiger partial charge in [-0.3, -0.25) is 4.90 Å². The maximum Gasteiger partial charge on any atom is 0.0192 e. The van der Waals surface area contributed by atoms with Crippen LogP contribution in [0.5, 0.6) is 0 Å². The number of hydrogen-bond donors (Lipinski definition) is 1. The molecule has 0 aliphatic carbocycles. The van der Waals surface area contributed by atoms with E-state index in [9.17, 15) is 0 Å². The first-order valence-electron chi connectivity index (χ1n) is 4.50. The van der Waals surface area contributed by atoms with Crippen molar-refractivity contribution in [2.24, 2.45) is 0 Å². The van der Waals surface area contributed by atoms with E-state index in [1.807, 2.05) is 7.05 Å². The normalized spacial score (nSPS) is 16.9. The third kappa shape index (κ3) is 3.73. The first kappa shape index (κ1) is 10.9. The van der Waals surface area contributed by atoms with Crippen molar-refractivity contribution in [3.63, 3.8) is 0 Å². The van der Waals surface area contributed by atoms with E-state index in [0.29, 0.717) is 12.1 Å². The van der Waals surface area contributed by atoms with Crippen molar-refractivity contribution in [1.82, 2.24) is 10.2 Å². The Morgan fingerprint density at radius 3 is 2.18 bits per heavy atom. The molecule has 0 heterocycles. The zero-order valence-electron chi connectivity index (χ0n) is 8.52. The van der Waals surface area contributed by atoms with Crippen LogP contribution < -0.4 is 5.32 Å². The molecule has 0 aromatic heterocycles. The van der Waals surface area contributed by atoms with E-state index in [2.05, 4.69) is 38.0 Å². The Morgan fingerprint density at radius 1 is 1.27 bits per heavy atom. The Morgan fingerprint density at radius 2 is 1.82 bits per heavy atom. The SMILES string of the molecule is CCC(C)N(C)C(C)CNC. The van der Waals surface area contributed by atoms with Crippen molar-refractivity contribution in [2.45, 2.75) is 39.3 Å². The molecule has 68 valence electrons. The number of nitrogens with one attached hydrogen (secondary N) is 1. The highest BCUT2D eigenvalue weighted by molar-refractivity contribution is 4.69. The second-order valence-corrected chi connectivity index (χ2v) is 3.33. The number of likely N-dealkylation sites (N-methyl/N-ethyl adjacent to an activating group) is 2. The zero-order valence-corrected chi connectivity index (χ0v) is 8.52. The van der Waals surface area contributed by atoms with Crippen molar-refractivity contribution >= 4 is 0 Å². The van der Waals surface area contributed by atoms with Gasteiger partial charge in [-0.15, -0.1) is 0 Å². The van der Waals surface area contributed by atoms with Gasteiger partial charge in [0.1, 0.15) is 0 Å². The monoisotopic (exact) mass is 158 g/mol. The molecule has 0 aliphatic rings. The van der Waals surface area contributed by atoms with Crippen LogP contribution in [0.1, 0.15) is 27.2 Å². The lowest BCUT2D eigenvalue weighted by Gasteiger charge is -2.29. The molecular formula is C9H22N2. The molecule has 0 saturated heterocycles. The second-order valence-electron chi connectivity index (χ2n) is 3.33. The van der Waals surface area contributed by atoms with E-state index < -0.39 is 0 Å². The zero-order chi connectivity index (χ0) is 8.85. The highest BCUT2D eigenvalue weighted by atomic mass is 15.2. The number of hydrogen-bond acceptors (Lipinski definition) is 2. The van der Waals surface area contributed by atoms with Gasteiger partial charge in [-0.25, -0.2) is 0 Å². The van der Waals surface area contributed by atoms with Gasteiger partial charge in [0.2, 0.25) is 0 Å². The molecule has 11 heavy (non-hydrogen) atoms. The van der Waals surface area contributed by atoms with Crippen LogP contribution in [0.2, 0.25) is 0 Å². The number of nitrogens with zero attached hydrogens (tertiary/aromatic N) is 1. The van der Waals surface area contributed by atoms with Crippen molar-refractivity contribution < 1.29 is 0 Å². The van der Waals surface area contributed by atoms with Gasteiger partial charge in [0.05, 0.1) is 0 Å². The van der Waals surface area contributed by atoms with Gasteiger partial charge in [0.15, 0.2) is 0 Å². The Labute approximate surface area is 71.0 Å². The van der Waals surface area contributed by atoms with Gasteiger partial charge in [0, 0.05) is 18.6 Å². The molecule has 0 bridgehead atoms. The molecule has 0 radical (unpaired) electrons. The molecule has 0 aliphatic heterocycles. The van der Waals surface area contributed by atoms with E-state index in [-0.39, 0.29) is 0 Å². The lowest BCUT2D eigenvalue weighted by atomic mass is 10.2. The largest absolute Gasteiger partial charge is 0.318 e. The summed E-state index contributed by atoms with van der Waals surface area (Å²) >= 11 is 0. The van der Waals surface area contributed by atoms with Gasteiger partial charge in [-0.2, -0.15) is 0 Å². The van der Waals surface area contributed by atoms with E-state index in [4.69, 9.17) is 0 Å². The second kappa shape index (κ2) is 5.56. The predicted octanol–water partition coefficient (Wildman–Crippen LogP) is 1.32. The molecule has 0 aromatic rings. The van der Waals surface area contributed by atoms with E-state index >= 15 is 0 Å². The third-order valence-electron chi connectivity index (χ3n) is 2.48. The fraction of sp³-hybridized carbons (Fsp3) is 1.00. The molecular weight excluding hydrogens is 136 g/mol. The summed E-state index contributed by atoms with van der Waals surface area (Å²) in [6, 6.07) is 1.33. The van der Waals surface area contributed by atoms with Gasteiger partial charge in [0.25, 0.3) is 0 Å². The molecule has 0 aromatic carbocycles. The summed E-state index contributed by atoms with van der Waals surface area (Å²) in [4.78, 5) is 2.41. The van der Waals surface area contributed by atoms with E-state index in [1.165, 1.54) is 6.42 Å². The first-order valence-corrected chi connectivity index (χ1v) is 4.50. The van der Waals surface area contributed by atoms with Crippen molar-refractivity contribution in [1.29, 1.82) is 0 Å². The van der Waals surface area contributed by atoms with E-state index in [1.54, 1.807) is 0 Å². The van der Waals surface area contributed by atoms with Gasteiger partial charge in [-0.05, 0) is 34.4 Å². The van der Waals surface area contributed by atoms with Crippen LogP contribution in [0.3, 0.4) is 0 Å². The third-order valence-corrected chi connectivity index (χ3v) is 2.48. The Balaban J connectivity index is 3.70. The minimum atomic E-state index is 0.634. The lowest BCUT2D eigenvalue weighted by Crippen LogP contribution is -2.41. The van der Waals surface area contributed by atoms with Gasteiger partial charge < -0.3 is 5.32 Å². The molecule has 0 rings (SSSR count). The number of rotatable bonds is 5. The van der Waals surface area contributed by atoms with Crippen molar-refractivity contribution in [3.05, 3.63) is 0 Å². The van der Waals surface area contributed by atoms with Crippen LogP contribution in [-0.2, 0) is 0 Å². The summed E-state index contributed by atoms with van der Waals surface area (Å²) in [5.41, 5.74) is 0. The molecule has 0 amide bonds. The fourth-order valence-corrected chi connectivity index (χ4v) is 1.16. The molecule has 2 atom stereocenters. The summed E-state index contributed by atoms with van der Waals surface area (Å²) in [5, 5.41) is 3.19.